The highest BCUT2D eigenvalue weighted by molar-refractivity contribution is 5.93. The van der Waals surface area contributed by atoms with Gasteiger partial charge in [-0.1, -0.05) is 18.2 Å². The number of nitrogens with one attached hydrogen (secondary N) is 2. The molecule has 2 aromatic carbocycles. The lowest BCUT2D eigenvalue weighted by Crippen LogP contribution is -2.24. The van der Waals surface area contributed by atoms with Crippen molar-refractivity contribution in [3.05, 3.63) is 92.4 Å². The lowest BCUT2D eigenvalue weighted by atomic mass is 10.0. The van der Waals surface area contributed by atoms with Gasteiger partial charge in [0.25, 0.3) is 11.6 Å². The monoisotopic (exact) mass is 379 g/mol. The molecule has 8 nitrogen and oxygen atoms in total. The summed E-state index contributed by atoms with van der Waals surface area (Å²) in [5.41, 5.74) is 1.97. The number of aromatic amines is 1. The number of non-ortho nitro benzene ring substituents is 1. The molecule has 28 heavy (non-hydrogen) atoms. The molecule has 0 aliphatic rings. The van der Waals surface area contributed by atoms with Crippen LogP contribution in [0.3, 0.4) is 0 Å². The van der Waals surface area contributed by atoms with Crippen molar-refractivity contribution in [1.29, 1.82) is 0 Å². The van der Waals surface area contributed by atoms with Crippen LogP contribution in [0.25, 0.3) is 11.1 Å². The number of pyridine rings is 1. The number of benzene rings is 2. The highest BCUT2D eigenvalue weighted by atomic mass is 16.6. The van der Waals surface area contributed by atoms with Crippen LogP contribution in [-0.2, 0) is 6.54 Å². The van der Waals surface area contributed by atoms with Gasteiger partial charge in [0.05, 0.1) is 12.0 Å². The molecule has 0 bridgehead atoms. The highest BCUT2D eigenvalue weighted by Crippen LogP contribution is 2.32. The number of hydrogen-bond donors (Lipinski definition) is 2. The van der Waals surface area contributed by atoms with Crippen LogP contribution in [0.15, 0.2) is 65.6 Å². The third-order valence-electron chi connectivity index (χ3n) is 4.12. The molecule has 0 saturated carbocycles. The summed E-state index contributed by atoms with van der Waals surface area (Å²) in [4.78, 5) is 36.6. The number of aromatic nitrogens is 1. The van der Waals surface area contributed by atoms with Crippen molar-refractivity contribution >= 4 is 11.6 Å². The van der Waals surface area contributed by atoms with Gasteiger partial charge in [0.1, 0.15) is 5.75 Å². The van der Waals surface area contributed by atoms with E-state index in [0.29, 0.717) is 16.9 Å². The van der Waals surface area contributed by atoms with E-state index < -0.39 is 4.92 Å². The maximum Gasteiger partial charge on any atom is 0.270 e. The molecule has 0 atom stereocenters. The average Bonchev–Trinajstić information content (AvgIpc) is 2.71. The molecule has 0 saturated heterocycles. The third kappa shape index (κ3) is 4.24. The minimum atomic E-state index is -0.457. The van der Waals surface area contributed by atoms with Crippen molar-refractivity contribution in [2.75, 3.05) is 7.11 Å². The van der Waals surface area contributed by atoms with Crippen LogP contribution in [0.2, 0.25) is 0 Å². The van der Waals surface area contributed by atoms with E-state index in [2.05, 4.69) is 10.3 Å². The Bertz CT molecular complexity index is 1090. The van der Waals surface area contributed by atoms with Crippen LogP contribution in [0.1, 0.15) is 15.9 Å². The van der Waals surface area contributed by atoms with Crippen LogP contribution in [-0.4, -0.2) is 22.9 Å². The van der Waals surface area contributed by atoms with E-state index in [-0.39, 0.29) is 29.3 Å². The fourth-order valence-electron chi connectivity index (χ4n) is 2.75. The first-order chi connectivity index (χ1) is 13.5. The second-order valence-corrected chi connectivity index (χ2v) is 5.97. The van der Waals surface area contributed by atoms with Gasteiger partial charge < -0.3 is 15.0 Å². The number of nitro groups is 1. The summed E-state index contributed by atoms with van der Waals surface area (Å²) in [5, 5.41) is 13.8. The Labute approximate surface area is 159 Å². The second kappa shape index (κ2) is 8.17. The molecule has 2 N–H and O–H groups in total. The van der Waals surface area contributed by atoms with Crippen molar-refractivity contribution < 1.29 is 14.5 Å². The number of H-pyrrole nitrogens is 1. The number of methoxy groups -OCH3 is 1. The molecule has 1 heterocycles. The molecule has 0 radical (unpaired) electrons. The molecule has 0 aliphatic heterocycles. The zero-order valence-corrected chi connectivity index (χ0v) is 15.0. The molecular formula is C20H17N3O5. The number of nitrogens with zero attached hydrogens (tertiary/aromatic N) is 1. The lowest BCUT2D eigenvalue weighted by Gasteiger charge is -2.12. The third-order valence-corrected chi connectivity index (χ3v) is 4.12. The van der Waals surface area contributed by atoms with Crippen LogP contribution in [0.5, 0.6) is 5.75 Å². The van der Waals surface area contributed by atoms with E-state index >= 15 is 0 Å². The first kappa shape index (κ1) is 18.8. The lowest BCUT2D eigenvalue weighted by molar-refractivity contribution is -0.384. The zero-order valence-electron chi connectivity index (χ0n) is 15.0. The summed E-state index contributed by atoms with van der Waals surface area (Å²) in [6.45, 7) is 0.220. The standard InChI is InChI=1S/C20H17N3O5/c1-28-18-6-5-13(12-22-20(25)15-7-8-21-19(24)11-15)9-17(18)14-3-2-4-16(10-14)23(26)27/h2-11H,12H2,1H3,(H,21,24)(H,22,25). The maximum absolute atomic E-state index is 12.2. The van der Waals surface area contributed by atoms with Crippen LogP contribution < -0.4 is 15.6 Å². The summed E-state index contributed by atoms with van der Waals surface area (Å²) >= 11 is 0. The van der Waals surface area contributed by atoms with Gasteiger partial charge in [0.2, 0.25) is 5.56 Å². The molecule has 1 aromatic heterocycles. The van der Waals surface area contributed by atoms with E-state index in [1.54, 1.807) is 30.3 Å². The fourth-order valence-corrected chi connectivity index (χ4v) is 2.75. The predicted molar refractivity (Wildman–Crippen MR) is 103 cm³/mol. The predicted octanol–water partition coefficient (Wildman–Crippen LogP) is 2.89. The summed E-state index contributed by atoms with van der Waals surface area (Å²) < 4.78 is 5.37. The minimum absolute atomic E-state index is 0.0208. The largest absolute Gasteiger partial charge is 0.496 e. The molecule has 0 aliphatic carbocycles. The topological polar surface area (TPSA) is 114 Å². The number of nitro benzene ring substituents is 1. The van der Waals surface area contributed by atoms with E-state index in [4.69, 9.17) is 4.74 Å². The molecule has 0 unspecified atom stereocenters. The summed E-state index contributed by atoms with van der Waals surface area (Å²) in [6.07, 6.45) is 1.41. The number of carbonyl (C=O) groups excluding carboxylic acids is 1. The molecule has 8 heteroatoms. The Morgan fingerprint density at radius 3 is 2.71 bits per heavy atom. The maximum atomic E-state index is 12.2. The quantitative estimate of drug-likeness (QED) is 0.505. The second-order valence-electron chi connectivity index (χ2n) is 5.97. The molecular weight excluding hydrogens is 362 g/mol. The zero-order chi connectivity index (χ0) is 20.1. The SMILES string of the molecule is COc1ccc(CNC(=O)c2cc[nH]c(=O)c2)cc1-c1cccc([N+](=O)[O-])c1. The molecule has 0 fully saturated rings. The Morgan fingerprint density at radius 1 is 1.18 bits per heavy atom. The number of rotatable bonds is 6. The van der Waals surface area contributed by atoms with Gasteiger partial charge in [-0.05, 0) is 29.3 Å². The average molecular weight is 379 g/mol. The Hall–Kier alpha value is -3.94. The normalized spacial score (nSPS) is 10.3. The van der Waals surface area contributed by atoms with Gasteiger partial charge in [0, 0.05) is 42.1 Å². The molecule has 3 aromatic rings. The fraction of sp³-hybridized carbons (Fsp3) is 0.100. The van der Waals surface area contributed by atoms with E-state index in [1.807, 2.05) is 0 Å². The minimum Gasteiger partial charge on any atom is -0.496 e. The van der Waals surface area contributed by atoms with Crippen LogP contribution in [0.4, 0.5) is 5.69 Å². The van der Waals surface area contributed by atoms with Gasteiger partial charge in [-0.3, -0.25) is 19.7 Å². The Morgan fingerprint density at radius 2 is 2.00 bits per heavy atom. The Kier molecular flexibility index (Phi) is 5.50. The van der Waals surface area contributed by atoms with Crippen molar-refractivity contribution in [1.82, 2.24) is 10.3 Å². The van der Waals surface area contributed by atoms with Gasteiger partial charge >= 0.3 is 0 Å². The summed E-state index contributed by atoms with van der Waals surface area (Å²) in [6, 6.07) is 14.3. The van der Waals surface area contributed by atoms with E-state index in [1.165, 1.54) is 37.6 Å². The molecule has 3 rings (SSSR count). The van der Waals surface area contributed by atoms with Gasteiger partial charge in [0.15, 0.2) is 0 Å². The molecule has 1 amide bonds. The number of carbonyl (C=O) groups is 1. The summed E-state index contributed by atoms with van der Waals surface area (Å²) in [7, 11) is 1.52. The first-order valence-electron chi connectivity index (χ1n) is 8.36. The molecule has 142 valence electrons. The first-order valence-corrected chi connectivity index (χ1v) is 8.36. The Balaban J connectivity index is 1.85. The smallest absolute Gasteiger partial charge is 0.270 e. The van der Waals surface area contributed by atoms with Crippen molar-refractivity contribution in [2.45, 2.75) is 6.54 Å². The molecule has 0 spiro atoms. The number of amides is 1. The highest BCUT2D eigenvalue weighted by Gasteiger charge is 2.12. The van der Waals surface area contributed by atoms with Crippen LogP contribution >= 0.6 is 0 Å². The van der Waals surface area contributed by atoms with Gasteiger partial charge in [-0.15, -0.1) is 0 Å². The van der Waals surface area contributed by atoms with E-state index in [9.17, 15) is 19.7 Å². The van der Waals surface area contributed by atoms with Crippen molar-refractivity contribution in [3.8, 4) is 16.9 Å². The van der Waals surface area contributed by atoms with Crippen molar-refractivity contribution in [2.24, 2.45) is 0 Å². The van der Waals surface area contributed by atoms with Gasteiger partial charge in [-0.2, -0.15) is 0 Å². The van der Waals surface area contributed by atoms with E-state index in [0.717, 1.165) is 5.56 Å². The van der Waals surface area contributed by atoms with Crippen LogP contribution in [0, 0.1) is 10.1 Å². The van der Waals surface area contributed by atoms with Crippen molar-refractivity contribution in [3.63, 3.8) is 0 Å². The summed E-state index contributed by atoms with van der Waals surface area (Å²) in [5.74, 6) is 0.184. The number of ether oxygens (including phenoxy) is 1. The van der Waals surface area contributed by atoms with Gasteiger partial charge in [-0.25, -0.2) is 0 Å². The number of hydrogen-bond acceptors (Lipinski definition) is 5.